The van der Waals surface area contributed by atoms with E-state index in [0.717, 1.165) is 34.6 Å². The van der Waals surface area contributed by atoms with E-state index >= 15 is 0 Å². The first-order valence-electron chi connectivity index (χ1n) is 10.8. The fraction of sp³-hybridized carbons (Fsp3) is 0.762. The zero-order valence-corrected chi connectivity index (χ0v) is 20.2. The van der Waals surface area contributed by atoms with Crippen molar-refractivity contribution in [3.8, 4) is 0 Å². The smallest absolute Gasteiger partial charge is 0.303 e. The van der Waals surface area contributed by atoms with E-state index in [1.807, 2.05) is 0 Å². The van der Waals surface area contributed by atoms with Crippen molar-refractivity contribution >= 4 is 29.8 Å². The highest BCUT2D eigenvalue weighted by atomic mass is 16.8. The fourth-order valence-electron chi connectivity index (χ4n) is 3.79. The molecule has 0 bridgehead atoms. The largest absolute Gasteiger partial charge is 0.457 e. The van der Waals surface area contributed by atoms with Gasteiger partial charge in [-0.3, -0.25) is 24.0 Å². The molecule has 14 nitrogen and oxygen atoms in total. The second-order valence-corrected chi connectivity index (χ2v) is 7.98. The molecule has 0 amide bonds. The lowest BCUT2D eigenvalue weighted by Crippen LogP contribution is -2.64. The molecule has 0 saturated carbocycles. The Morgan fingerprint density at radius 2 is 1.11 bits per heavy atom. The summed E-state index contributed by atoms with van der Waals surface area (Å²) in [4.78, 5) is 58.6. The van der Waals surface area contributed by atoms with Gasteiger partial charge in [0, 0.05) is 34.6 Å². The van der Waals surface area contributed by atoms with Gasteiger partial charge in [-0.25, -0.2) is 0 Å². The number of carbonyl (C=O) groups excluding carboxylic acids is 5. The molecule has 1 unspecified atom stereocenters. The summed E-state index contributed by atoms with van der Waals surface area (Å²) in [5, 5.41) is 10.3. The lowest BCUT2D eigenvalue weighted by molar-refractivity contribution is -0.344. The van der Waals surface area contributed by atoms with E-state index in [1.165, 1.54) is 6.92 Å². The minimum Gasteiger partial charge on any atom is -0.457 e. The van der Waals surface area contributed by atoms with Crippen LogP contribution in [0.4, 0.5) is 0 Å². The van der Waals surface area contributed by atoms with E-state index < -0.39 is 85.2 Å². The summed E-state index contributed by atoms with van der Waals surface area (Å²) in [5.41, 5.74) is 0. The molecule has 9 atom stereocenters. The molecule has 14 heteroatoms. The molecule has 1 N–H and O–H groups in total. The highest BCUT2D eigenvalue weighted by molar-refractivity contribution is 5.68. The predicted octanol–water partition coefficient (Wildman–Crippen LogP) is -0.876. The Bertz CT molecular complexity index is 812. The topological polar surface area (TPSA) is 179 Å². The number of hydrogen-bond acceptors (Lipinski definition) is 14. The Kier molecular flexibility index (Phi) is 9.94. The van der Waals surface area contributed by atoms with Crippen LogP contribution < -0.4 is 0 Å². The van der Waals surface area contributed by atoms with Gasteiger partial charge in [0.2, 0.25) is 0 Å². The zero-order chi connectivity index (χ0) is 26.4. The lowest BCUT2D eigenvalue weighted by Gasteiger charge is -2.46. The lowest BCUT2D eigenvalue weighted by atomic mass is 9.98. The van der Waals surface area contributed by atoms with Gasteiger partial charge in [-0.05, 0) is 6.92 Å². The molecular weight excluding hydrogens is 476 g/mol. The maximum Gasteiger partial charge on any atom is 0.303 e. The van der Waals surface area contributed by atoms with Gasteiger partial charge in [0.25, 0.3) is 0 Å². The maximum absolute atomic E-state index is 11.9. The SMILES string of the molecule is CC(=O)O[C@@H]1[C@@H](OC(C)=O)[C@H](C)O[C@@H](O[C@H]2[C@H](OC(C)=O)COC(O)[C@@H]2OC(C)=O)[C@@H]1OC(C)=O. The average Bonchev–Trinajstić information content (AvgIpc) is 2.70. The van der Waals surface area contributed by atoms with Crippen molar-refractivity contribution in [2.75, 3.05) is 6.61 Å². The van der Waals surface area contributed by atoms with Gasteiger partial charge in [0.05, 0.1) is 12.7 Å². The summed E-state index contributed by atoms with van der Waals surface area (Å²) < 4.78 is 43.1. The second kappa shape index (κ2) is 12.2. The summed E-state index contributed by atoms with van der Waals surface area (Å²) in [6, 6.07) is 0. The third kappa shape index (κ3) is 7.85. The molecule has 2 fully saturated rings. The zero-order valence-electron chi connectivity index (χ0n) is 20.2. The molecule has 2 heterocycles. The number of carbonyl (C=O) groups is 5. The van der Waals surface area contributed by atoms with Gasteiger partial charge >= 0.3 is 29.8 Å². The van der Waals surface area contributed by atoms with Crippen molar-refractivity contribution in [2.45, 2.75) is 96.9 Å². The molecule has 2 aliphatic rings. The van der Waals surface area contributed by atoms with E-state index in [9.17, 15) is 29.1 Å². The first-order valence-corrected chi connectivity index (χ1v) is 10.8. The van der Waals surface area contributed by atoms with Crippen molar-refractivity contribution in [2.24, 2.45) is 0 Å². The van der Waals surface area contributed by atoms with Crippen molar-refractivity contribution in [3.05, 3.63) is 0 Å². The molecule has 2 rings (SSSR count). The Morgan fingerprint density at radius 1 is 0.657 bits per heavy atom. The fourth-order valence-corrected chi connectivity index (χ4v) is 3.79. The summed E-state index contributed by atoms with van der Waals surface area (Å²) in [6.07, 6.45) is -12.1. The third-order valence-electron chi connectivity index (χ3n) is 4.95. The summed E-state index contributed by atoms with van der Waals surface area (Å²) in [7, 11) is 0. The Morgan fingerprint density at radius 3 is 1.63 bits per heavy atom. The van der Waals surface area contributed by atoms with Crippen LogP contribution >= 0.6 is 0 Å². The van der Waals surface area contributed by atoms with Gasteiger partial charge in [0.1, 0.15) is 6.10 Å². The summed E-state index contributed by atoms with van der Waals surface area (Å²) in [5.74, 6) is -3.79. The molecule has 2 aliphatic heterocycles. The Labute approximate surface area is 201 Å². The van der Waals surface area contributed by atoms with Crippen molar-refractivity contribution in [3.63, 3.8) is 0 Å². The standard InChI is InChI=1S/C21H30O14/c1-8-15(31-10(3)23)17(32-11(4)24)19(34-13(6)26)21(29-8)35-16-14(30-9(2)22)7-28-20(27)18(16)33-12(5)25/h8,14-21,27H,7H2,1-6H3/t8-,14+,15-,16-,17+,18+,19+,20?,21-/m0/s1. The highest BCUT2D eigenvalue weighted by Crippen LogP contribution is 2.33. The number of ether oxygens (including phenoxy) is 8. The van der Waals surface area contributed by atoms with Crippen LogP contribution in [-0.4, -0.2) is 96.9 Å². The third-order valence-corrected chi connectivity index (χ3v) is 4.95. The first kappa shape index (κ1) is 28.4. The molecule has 0 aromatic carbocycles. The molecular formula is C21H30O14. The van der Waals surface area contributed by atoms with Gasteiger partial charge in [0.15, 0.2) is 43.1 Å². The van der Waals surface area contributed by atoms with Crippen molar-refractivity contribution < 1.29 is 67.0 Å². The quantitative estimate of drug-likeness (QED) is 0.332. The number of hydrogen-bond donors (Lipinski definition) is 1. The Hall–Kier alpha value is -2.81. The van der Waals surface area contributed by atoms with Crippen molar-refractivity contribution in [1.82, 2.24) is 0 Å². The van der Waals surface area contributed by atoms with Crippen LogP contribution in [0.1, 0.15) is 41.5 Å². The predicted molar refractivity (Wildman–Crippen MR) is 109 cm³/mol. The molecule has 0 spiro atoms. The number of aliphatic hydroxyl groups excluding tert-OH is 1. The van der Waals surface area contributed by atoms with Gasteiger partial charge < -0.3 is 43.0 Å². The molecule has 2 saturated heterocycles. The van der Waals surface area contributed by atoms with E-state index in [4.69, 9.17) is 37.9 Å². The van der Waals surface area contributed by atoms with Crippen LogP contribution in [0.15, 0.2) is 0 Å². The van der Waals surface area contributed by atoms with Crippen LogP contribution in [0.3, 0.4) is 0 Å². The molecule has 0 radical (unpaired) electrons. The molecule has 0 aromatic rings. The summed E-state index contributed by atoms with van der Waals surface area (Å²) >= 11 is 0. The van der Waals surface area contributed by atoms with Crippen LogP contribution in [0.25, 0.3) is 0 Å². The van der Waals surface area contributed by atoms with E-state index in [1.54, 1.807) is 0 Å². The van der Waals surface area contributed by atoms with E-state index in [0.29, 0.717) is 0 Å². The maximum atomic E-state index is 11.9. The normalized spacial score (nSPS) is 34.8. The number of rotatable bonds is 7. The first-order chi connectivity index (χ1) is 16.3. The van der Waals surface area contributed by atoms with Crippen LogP contribution in [0.5, 0.6) is 0 Å². The molecule has 35 heavy (non-hydrogen) atoms. The molecule has 0 aromatic heterocycles. The van der Waals surface area contributed by atoms with Crippen LogP contribution in [0, 0.1) is 0 Å². The highest BCUT2D eigenvalue weighted by Gasteiger charge is 2.54. The minimum atomic E-state index is -1.65. The minimum absolute atomic E-state index is 0.326. The van der Waals surface area contributed by atoms with Gasteiger partial charge in [-0.2, -0.15) is 0 Å². The van der Waals surface area contributed by atoms with Crippen LogP contribution in [-0.2, 0) is 61.9 Å². The van der Waals surface area contributed by atoms with E-state index in [2.05, 4.69) is 0 Å². The van der Waals surface area contributed by atoms with Gasteiger partial charge in [-0.1, -0.05) is 0 Å². The second-order valence-electron chi connectivity index (χ2n) is 7.98. The average molecular weight is 506 g/mol. The van der Waals surface area contributed by atoms with Crippen molar-refractivity contribution in [1.29, 1.82) is 0 Å². The molecule has 0 aliphatic carbocycles. The van der Waals surface area contributed by atoms with E-state index in [-0.39, 0.29) is 6.61 Å². The van der Waals surface area contributed by atoms with Crippen LogP contribution in [0.2, 0.25) is 0 Å². The molecule has 198 valence electrons. The monoisotopic (exact) mass is 506 g/mol. The van der Waals surface area contributed by atoms with Gasteiger partial charge in [-0.15, -0.1) is 0 Å². The summed E-state index contributed by atoms with van der Waals surface area (Å²) in [6.45, 7) is 6.71. The Balaban J connectivity index is 2.45. The number of aliphatic hydroxyl groups is 1. The number of esters is 5.